The van der Waals surface area contributed by atoms with Crippen molar-refractivity contribution < 1.29 is 23.9 Å². The number of carbonyl (C=O) groups excluding carboxylic acids is 4. The molecule has 2 bridgehead atoms. The number of Topliss-reactive ketones (excluding diaryl/α,β-unsaturated/α-hetero) is 1. The van der Waals surface area contributed by atoms with Crippen LogP contribution in [0.4, 0.5) is 0 Å². The summed E-state index contributed by atoms with van der Waals surface area (Å²) in [4.78, 5) is 53.2. The quantitative estimate of drug-likeness (QED) is 0.305. The third kappa shape index (κ3) is 3.07. The van der Waals surface area contributed by atoms with Crippen molar-refractivity contribution in [1.29, 1.82) is 0 Å². The zero-order chi connectivity index (χ0) is 22.0. The normalized spacial score (nSPS) is 33.4. The molecule has 0 aromatic heterocycles. The largest absolute Gasteiger partial charge is 0.456 e. The molecule has 1 heterocycles. The number of aryl methyl sites for hydroxylation is 1. The predicted molar refractivity (Wildman–Crippen MR) is 112 cm³/mol. The molecule has 4 aliphatic carbocycles. The second-order valence-corrected chi connectivity index (χ2v) is 9.79. The number of hydrogen-bond acceptors (Lipinski definition) is 5. The first kappa shape index (κ1) is 20.2. The Balaban J connectivity index is 1.32. The number of benzene rings is 1. The highest BCUT2D eigenvalue weighted by atomic mass is 16.5. The fourth-order valence-corrected chi connectivity index (χ4v) is 5.97. The number of ether oxygens (including phenoxy) is 1. The van der Waals surface area contributed by atoms with Gasteiger partial charge in [-0.05, 0) is 42.9 Å². The number of hydrogen-bond donors (Lipinski definition) is 0. The van der Waals surface area contributed by atoms with Crippen molar-refractivity contribution in [2.45, 2.75) is 33.2 Å². The summed E-state index contributed by atoms with van der Waals surface area (Å²) in [5, 5.41) is 0. The highest BCUT2D eigenvalue weighted by Crippen LogP contribution is 2.65. The molecule has 6 nitrogen and oxygen atoms in total. The van der Waals surface area contributed by atoms with Gasteiger partial charge >= 0.3 is 5.97 Å². The van der Waals surface area contributed by atoms with Crippen LogP contribution in [0, 0.1) is 48.3 Å². The lowest BCUT2D eigenvalue weighted by atomic mass is 9.63. The van der Waals surface area contributed by atoms with Gasteiger partial charge in [0.15, 0.2) is 12.4 Å². The van der Waals surface area contributed by atoms with Gasteiger partial charge in [0.2, 0.25) is 11.8 Å². The Morgan fingerprint density at radius 1 is 1.00 bits per heavy atom. The molecule has 3 fully saturated rings. The van der Waals surface area contributed by atoms with Crippen LogP contribution in [0.3, 0.4) is 0 Å². The van der Waals surface area contributed by atoms with Crippen LogP contribution in [0.25, 0.3) is 0 Å². The highest BCUT2D eigenvalue weighted by molar-refractivity contribution is 6.09. The van der Waals surface area contributed by atoms with Gasteiger partial charge in [-0.2, -0.15) is 0 Å². The molecule has 0 unspecified atom stereocenters. The van der Waals surface area contributed by atoms with Crippen molar-refractivity contribution in [2.75, 3.05) is 6.61 Å². The first-order valence-corrected chi connectivity index (χ1v) is 11.1. The fourth-order valence-electron chi connectivity index (χ4n) is 5.97. The lowest BCUT2D eigenvalue weighted by molar-refractivity contribution is -0.160. The smallest absolute Gasteiger partial charge is 0.330 e. The summed E-state index contributed by atoms with van der Waals surface area (Å²) >= 11 is 0. The molecule has 0 radical (unpaired) electrons. The maximum atomic E-state index is 13.3. The molecule has 0 spiro atoms. The van der Waals surface area contributed by atoms with Crippen LogP contribution in [0.1, 0.15) is 36.2 Å². The average molecular weight is 421 g/mol. The standard InChI is InChI=1S/C25H27NO5/c1-12(2)22(25(30)31-11-19(27)14-6-4-13(3)5-7-14)26-23(28)20-15-8-9-16(18-10-17(15)18)21(20)24(26)29/h4-9,12,15-18,20-22H,10-11H2,1-3H3/t15-,16-,17-,18+,20-,21+,22-/m0/s1. The summed E-state index contributed by atoms with van der Waals surface area (Å²) in [6, 6.07) is 6.02. The second kappa shape index (κ2) is 7.14. The van der Waals surface area contributed by atoms with E-state index >= 15 is 0 Å². The van der Waals surface area contributed by atoms with Crippen LogP contribution in [0.15, 0.2) is 36.4 Å². The Bertz CT molecular complexity index is 958. The number of allylic oxidation sites excluding steroid dienone is 2. The molecule has 1 aromatic rings. The van der Waals surface area contributed by atoms with Crippen molar-refractivity contribution >= 4 is 23.6 Å². The number of rotatable bonds is 6. The van der Waals surface area contributed by atoms with E-state index in [9.17, 15) is 19.2 Å². The van der Waals surface area contributed by atoms with Gasteiger partial charge in [0.1, 0.15) is 6.04 Å². The van der Waals surface area contributed by atoms with Crippen LogP contribution < -0.4 is 0 Å². The molecule has 31 heavy (non-hydrogen) atoms. The van der Waals surface area contributed by atoms with Crippen LogP contribution in [-0.4, -0.2) is 41.1 Å². The summed E-state index contributed by atoms with van der Waals surface area (Å²) in [5.41, 5.74) is 1.49. The predicted octanol–water partition coefficient (Wildman–Crippen LogP) is 2.80. The van der Waals surface area contributed by atoms with Gasteiger partial charge in [0.25, 0.3) is 0 Å². The van der Waals surface area contributed by atoms with E-state index < -0.39 is 18.6 Å². The monoisotopic (exact) mass is 421 g/mol. The van der Waals surface area contributed by atoms with E-state index in [-0.39, 0.29) is 47.2 Å². The summed E-state index contributed by atoms with van der Waals surface area (Å²) < 4.78 is 5.32. The Hall–Kier alpha value is -2.76. The van der Waals surface area contributed by atoms with Crippen molar-refractivity contribution in [3.05, 3.63) is 47.5 Å². The van der Waals surface area contributed by atoms with Gasteiger partial charge in [0, 0.05) is 5.56 Å². The van der Waals surface area contributed by atoms with Crippen LogP contribution in [0.2, 0.25) is 0 Å². The number of imide groups is 1. The number of esters is 1. The first-order valence-electron chi connectivity index (χ1n) is 11.1. The van der Waals surface area contributed by atoms with E-state index in [1.54, 1.807) is 26.0 Å². The SMILES string of the molecule is Cc1ccc(C(=O)COC(=O)[C@H](C(C)C)N2C(=O)[C@@H]3[C@H]4C=C[C@@H]([C@@H]5C[C@H]45)[C@@H]3C2=O)cc1. The third-order valence-corrected chi connectivity index (χ3v) is 7.57. The number of ketones is 1. The molecule has 5 aliphatic rings. The second-order valence-electron chi connectivity index (χ2n) is 9.79. The fraction of sp³-hybridized carbons (Fsp3) is 0.520. The summed E-state index contributed by atoms with van der Waals surface area (Å²) in [7, 11) is 0. The molecule has 2 amide bonds. The summed E-state index contributed by atoms with van der Waals surface area (Å²) in [5.74, 6) is -1.30. The van der Waals surface area contributed by atoms with Gasteiger partial charge in [-0.1, -0.05) is 55.8 Å². The molecular formula is C25H27NO5. The minimum atomic E-state index is -1.01. The number of nitrogens with zero attached hydrogens (tertiary/aromatic N) is 1. The van der Waals surface area contributed by atoms with Crippen LogP contribution >= 0.6 is 0 Å². The zero-order valence-electron chi connectivity index (χ0n) is 18.0. The van der Waals surface area contributed by atoms with Gasteiger partial charge in [-0.25, -0.2) is 4.79 Å². The molecular weight excluding hydrogens is 394 g/mol. The Labute approximate surface area is 181 Å². The topological polar surface area (TPSA) is 80.8 Å². The zero-order valence-corrected chi connectivity index (χ0v) is 18.0. The lowest BCUT2D eigenvalue weighted by Gasteiger charge is -2.37. The molecule has 1 saturated heterocycles. The summed E-state index contributed by atoms with van der Waals surface area (Å²) in [6.07, 6.45) is 5.31. The third-order valence-electron chi connectivity index (χ3n) is 7.57. The number of carbonyl (C=O) groups is 4. The minimum Gasteiger partial charge on any atom is -0.456 e. The molecule has 7 atom stereocenters. The van der Waals surface area contributed by atoms with E-state index in [1.807, 2.05) is 19.1 Å². The lowest BCUT2D eigenvalue weighted by Crippen LogP contribution is -2.49. The van der Waals surface area contributed by atoms with E-state index in [0.29, 0.717) is 17.4 Å². The van der Waals surface area contributed by atoms with Gasteiger partial charge in [0.05, 0.1) is 11.8 Å². The molecule has 0 N–H and O–H groups in total. The van der Waals surface area contributed by atoms with Crippen molar-refractivity contribution in [2.24, 2.45) is 41.4 Å². The molecule has 6 rings (SSSR count). The molecule has 1 aliphatic heterocycles. The molecule has 1 aromatic carbocycles. The van der Waals surface area contributed by atoms with E-state index in [4.69, 9.17) is 4.74 Å². The maximum absolute atomic E-state index is 13.3. The van der Waals surface area contributed by atoms with Crippen molar-refractivity contribution in [3.63, 3.8) is 0 Å². The minimum absolute atomic E-state index is 0.105. The molecule has 162 valence electrons. The highest BCUT2D eigenvalue weighted by Gasteiger charge is 2.68. The molecule has 2 saturated carbocycles. The average Bonchev–Trinajstić information content (AvgIpc) is 3.53. The van der Waals surface area contributed by atoms with Gasteiger partial charge < -0.3 is 4.74 Å². The number of amides is 2. The van der Waals surface area contributed by atoms with E-state index in [0.717, 1.165) is 16.9 Å². The Morgan fingerprint density at radius 3 is 2.06 bits per heavy atom. The van der Waals surface area contributed by atoms with Crippen LogP contribution in [-0.2, 0) is 19.1 Å². The maximum Gasteiger partial charge on any atom is 0.330 e. The van der Waals surface area contributed by atoms with Crippen LogP contribution in [0.5, 0.6) is 0 Å². The number of likely N-dealkylation sites (tertiary alicyclic amines) is 1. The Morgan fingerprint density at radius 2 is 1.55 bits per heavy atom. The van der Waals surface area contributed by atoms with E-state index in [2.05, 4.69) is 12.2 Å². The first-order chi connectivity index (χ1) is 14.8. The van der Waals surface area contributed by atoms with Gasteiger partial charge in [-0.3, -0.25) is 19.3 Å². The Kier molecular flexibility index (Phi) is 4.65. The van der Waals surface area contributed by atoms with Gasteiger partial charge in [-0.15, -0.1) is 0 Å². The summed E-state index contributed by atoms with van der Waals surface area (Å²) in [6.45, 7) is 5.10. The van der Waals surface area contributed by atoms with Crippen molar-refractivity contribution in [1.82, 2.24) is 4.90 Å². The van der Waals surface area contributed by atoms with Crippen molar-refractivity contribution in [3.8, 4) is 0 Å². The van der Waals surface area contributed by atoms with E-state index in [1.165, 1.54) is 0 Å². The molecule has 6 heteroatoms.